The van der Waals surface area contributed by atoms with Gasteiger partial charge in [0.15, 0.2) is 5.60 Å². The lowest BCUT2D eigenvalue weighted by Crippen LogP contribution is -2.48. The molecule has 23 heavy (non-hydrogen) atoms. The third kappa shape index (κ3) is 2.02. The van der Waals surface area contributed by atoms with Gasteiger partial charge in [-0.15, -0.1) is 0 Å². The number of aliphatic imine (C=N–C) groups is 1. The quantitative estimate of drug-likeness (QED) is 0.880. The van der Waals surface area contributed by atoms with Crippen molar-refractivity contribution in [3.63, 3.8) is 0 Å². The van der Waals surface area contributed by atoms with Gasteiger partial charge in [0.05, 0.1) is 5.69 Å². The molecule has 1 atom stereocenters. The zero-order valence-electron chi connectivity index (χ0n) is 13.2. The molecule has 4 nitrogen and oxygen atoms in total. The lowest BCUT2D eigenvalue weighted by Gasteiger charge is -2.30. The van der Waals surface area contributed by atoms with Crippen LogP contribution in [-0.4, -0.2) is 28.9 Å². The molecule has 2 aliphatic heterocycles. The SMILES string of the molecule is Cc1cccc(N2CC[C@@]3(O)C(=O)c4cc(C)ccc4N=C23)c1. The Bertz CT molecular complexity index is 856. The van der Waals surface area contributed by atoms with Crippen LogP contribution >= 0.6 is 0 Å². The largest absolute Gasteiger partial charge is 0.374 e. The van der Waals surface area contributed by atoms with E-state index < -0.39 is 5.60 Å². The normalized spacial score (nSPS) is 22.7. The van der Waals surface area contributed by atoms with Crippen LogP contribution in [0.1, 0.15) is 27.9 Å². The van der Waals surface area contributed by atoms with Crippen LogP contribution in [0.3, 0.4) is 0 Å². The number of rotatable bonds is 1. The summed E-state index contributed by atoms with van der Waals surface area (Å²) in [7, 11) is 0. The van der Waals surface area contributed by atoms with Gasteiger partial charge >= 0.3 is 0 Å². The van der Waals surface area contributed by atoms with Gasteiger partial charge in [0.25, 0.3) is 0 Å². The van der Waals surface area contributed by atoms with Crippen molar-refractivity contribution < 1.29 is 9.90 Å². The van der Waals surface area contributed by atoms with E-state index in [9.17, 15) is 9.90 Å². The molecular weight excluding hydrogens is 288 g/mol. The number of hydrogen-bond acceptors (Lipinski definition) is 4. The van der Waals surface area contributed by atoms with E-state index in [-0.39, 0.29) is 5.78 Å². The van der Waals surface area contributed by atoms with Gasteiger partial charge in [-0.2, -0.15) is 0 Å². The summed E-state index contributed by atoms with van der Waals surface area (Å²) in [6.07, 6.45) is 0.367. The molecule has 2 heterocycles. The first-order valence-corrected chi connectivity index (χ1v) is 7.80. The summed E-state index contributed by atoms with van der Waals surface area (Å²) in [5.41, 5.74) is 2.74. The number of aryl methyl sites for hydroxylation is 2. The molecule has 2 aliphatic rings. The number of hydrogen-bond donors (Lipinski definition) is 1. The molecule has 1 saturated heterocycles. The fourth-order valence-electron chi connectivity index (χ4n) is 3.40. The number of nitrogens with zero attached hydrogens (tertiary/aromatic N) is 2. The van der Waals surface area contributed by atoms with E-state index in [0.29, 0.717) is 30.1 Å². The molecule has 4 rings (SSSR count). The molecule has 0 radical (unpaired) electrons. The van der Waals surface area contributed by atoms with Gasteiger partial charge < -0.3 is 10.0 Å². The first-order valence-electron chi connectivity index (χ1n) is 7.80. The van der Waals surface area contributed by atoms with E-state index in [1.807, 2.05) is 61.2 Å². The van der Waals surface area contributed by atoms with Crippen molar-refractivity contribution in [1.82, 2.24) is 0 Å². The Morgan fingerprint density at radius 1 is 1.13 bits per heavy atom. The van der Waals surface area contributed by atoms with Crippen molar-refractivity contribution >= 4 is 23.0 Å². The van der Waals surface area contributed by atoms with Crippen molar-refractivity contribution in [2.45, 2.75) is 25.9 Å². The van der Waals surface area contributed by atoms with Crippen molar-refractivity contribution in [2.75, 3.05) is 11.4 Å². The molecule has 0 saturated carbocycles. The predicted molar refractivity (Wildman–Crippen MR) is 90.7 cm³/mol. The lowest BCUT2D eigenvalue weighted by molar-refractivity contribution is 0.0602. The van der Waals surface area contributed by atoms with Crippen molar-refractivity contribution in [3.8, 4) is 0 Å². The minimum absolute atomic E-state index is 0.239. The van der Waals surface area contributed by atoms with E-state index >= 15 is 0 Å². The molecule has 0 unspecified atom stereocenters. The van der Waals surface area contributed by atoms with Crippen LogP contribution in [0.4, 0.5) is 11.4 Å². The van der Waals surface area contributed by atoms with Gasteiger partial charge in [0.2, 0.25) is 5.78 Å². The highest BCUT2D eigenvalue weighted by atomic mass is 16.3. The minimum Gasteiger partial charge on any atom is -0.374 e. The average Bonchev–Trinajstić information content (AvgIpc) is 2.87. The second kappa shape index (κ2) is 4.77. The standard InChI is InChI=1S/C19H18N2O2/c1-12-4-3-5-14(10-12)21-9-8-19(23)17(22)15-11-13(2)6-7-16(15)20-18(19)21/h3-7,10-11,23H,8-9H2,1-2H3/t19-/m1/s1. The monoisotopic (exact) mass is 306 g/mol. The van der Waals surface area contributed by atoms with Gasteiger partial charge in [-0.05, 0) is 43.7 Å². The maximum absolute atomic E-state index is 12.9. The van der Waals surface area contributed by atoms with Gasteiger partial charge in [0.1, 0.15) is 5.84 Å². The highest BCUT2D eigenvalue weighted by Gasteiger charge is 2.52. The maximum Gasteiger partial charge on any atom is 0.204 e. The Morgan fingerprint density at radius 3 is 2.70 bits per heavy atom. The third-order valence-electron chi connectivity index (χ3n) is 4.63. The van der Waals surface area contributed by atoms with Gasteiger partial charge in [-0.1, -0.05) is 23.8 Å². The Balaban J connectivity index is 1.87. The van der Waals surface area contributed by atoms with Gasteiger partial charge in [0, 0.05) is 24.2 Å². The molecule has 0 bridgehead atoms. The number of fused-ring (bicyclic) bond motifs is 2. The second-order valence-corrected chi connectivity index (χ2v) is 6.39. The summed E-state index contributed by atoms with van der Waals surface area (Å²) in [4.78, 5) is 19.4. The molecule has 0 aromatic heterocycles. The molecular formula is C19H18N2O2. The first-order chi connectivity index (χ1) is 11.0. The summed E-state index contributed by atoms with van der Waals surface area (Å²) < 4.78 is 0. The summed E-state index contributed by atoms with van der Waals surface area (Å²) in [6, 6.07) is 13.6. The second-order valence-electron chi connectivity index (χ2n) is 6.39. The number of carbonyl (C=O) groups excluding carboxylic acids is 1. The minimum atomic E-state index is -1.51. The summed E-state index contributed by atoms with van der Waals surface area (Å²) in [5, 5.41) is 11.0. The van der Waals surface area contributed by atoms with Gasteiger partial charge in [-0.3, -0.25) is 4.79 Å². The fraction of sp³-hybridized carbons (Fsp3) is 0.263. The van der Waals surface area contributed by atoms with Crippen LogP contribution in [0.25, 0.3) is 0 Å². The molecule has 1 fully saturated rings. The molecule has 116 valence electrons. The molecule has 0 amide bonds. The number of carbonyl (C=O) groups is 1. The number of aliphatic hydroxyl groups is 1. The van der Waals surface area contributed by atoms with Crippen molar-refractivity contribution in [3.05, 3.63) is 59.2 Å². The van der Waals surface area contributed by atoms with Crippen LogP contribution in [0.15, 0.2) is 47.5 Å². The Labute approximate surface area is 135 Å². The number of anilines is 1. The van der Waals surface area contributed by atoms with E-state index in [1.54, 1.807) is 0 Å². The molecule has 1 N–H and O–H groups in total. The number of benzene rings is 2. The molecule has 2 aromatic rings. The smallest absolute Gasteiger partial charge is 0.204 e. The Kier molecular flexibility index (Phi) is 2.93. The average molecular weight is 306 g/mol. The van der Waals surface area contributed by atoms with E-state index in [2.05, 4.69) is 4.99 Å². The highest BCUT2D eigenvalue weighted by Crippen LogP contribution is 2.39. The number of ketones is 1. The molecule has 0 spiro atoms. The van der Waals surface area contributed by atoms with Crippen molar-refractivity contribution in [1.29, 1.82) is 0 Å². The highest BCUT2D eigenvalue weighted by molar-refractivity contribution is 6.28. The van der Waals surface area contributed by atoms with Crippen LogP contribution in [0.5, 0.6) is 0 Å². The van der Waals surface area contributed by atoms with Crippen LogP contribution in [-0.2, 0) is 0 Å². The fourth-order valence-corrected chi connectivity index (χ4v) is 3.40. The zero-order chi connectivity index (χ0) is 16.2. The zero-order valence-corrected chi connectivity index (χ0v) is 13.2. The Hall–Kier alpha value is -2.46. The topological polar surface area (TPSA) is 52.9 Å². The lowest BCUT2D eigenvalue weighted by atomic mass is 9.87. The third-order valence-corrected chi connectivity index (χ3v) is 4.63. The van der Waals surface area contributed by atoms with Crippen molar-refractivity contribution in [2.24, 2.45) is 4.99 Å². The van der Waals surface area contributed by atoms with Gasteiger partial charge in [-0.25, -0.2) is 4.99 Å². The molecule has 4 heteroatoms. The number of amidine groups is 1. The van der Waals surface area contributed by atoms with E-state index in [1.165, 1.54) is 0 Å². The van der Waals surface area contributed by atoms with Crippen LogP contribution < -0.4 is 4.90 Å². The molecule has 2 aromatic carbocycles. The molecule has 0 aliphatic carbocycles. The number of Topliss-reactive ketones (excluding diaryl/α,β-unsaturated/α-hetero) is 1. The Morgan fingerprint density at radius 2 is 1.91 bits per heavy atom. The maximum atomic E-state index is 12.9. The van der Waals surface area contributed by atoms with Crippen LogP contribution in [0.2, 0.25) is 0 Å². The summed E-state index contributed by atoms with van der Waals surface area (Å²) >= 11 is 0. The van der Waals surface area contributed by atoms with E-state index in [0.717, 1.165) is 16.8 Å². The summed E-state index contributed by atoms with van der Waals surface area (Å²) in [6.45, 7) is 4.54. The van der Waals surface area contributed by atoms with E-state index in [4.69, 9.17) is 0 Å². The summed E-state index contributed by atoms with van der Waals surface area (Å²) in [5.74, 6) is 0.209. The predicted octanol–water partition coefficient (Wildman–Crippen LogP) is 3.17. The first kappa shape index (κ1) is 14.2. The van der Waals surface area contributed by atoms with Crippen LogP contribution in [0, 0.1) is 13.8 Å².